The van der Waals surface area contributed by atoms with Crippen molar-refractivity contribution < 1.29 is 0 Å². The molecular formula is C48H28S. The van der Waals surface area contributed by atoms with E-state index in [1.165, 1.54) is 107 Å². The van der Waals surface area contributed by atoms with E-state index in [0.717, 1.165) is 0 Å². The molecule has 1 aromatic heterocycles. The van der Waals surface area contributed by atoms with Crippen molar-refractivity contribution in [3.8, 4) is 22.3 Å². The fourth-order valence-electron chi connectivity index (χ4n) is 8.55. The molecule has 0 aliphatic carbocycles. The van der Waals surface area contributed by atoms with Gasteiger partial charge in [0.25, 0.3) is 0 Å². The summed E-state index contributed by atoms with van der Waals surface area (Å²) in [5, 5.41) is 18.3. The van der Waals surface area contributed by atoms with Crippen LogP contribution in [0.15, 0.2) is 170 Å². The second-order valence-electron chi connectivity index (χ2n) is 13.1. The van der Waals surface area contributed by atoms with Crippen LogP contribution in [0.3, 0.4) is 0 Å². The monoisotopic (exact) mass is 636 g/mol. The van der Waals surface area contributed by atoms with Crippen molar-refractivity contribution in [3.05, 3.63) is 170 Å². The molecule has 0 nitrogen and oxygen atoms in total. The van der Waals surface area contributed by atoms with Crippen molar-refractivity contribution in [2.45, 2.75) is 0 Å². The fraction of sp³-hybridized carbons (Fsp3) is 0. The Morgan fingerprint density at radius 2 is 0.776 bits per heavy atom. The molecule has 10 aromatic carbocycles. The highest BCUT2D eigenvalue weighted by Crippen LogP contribution is 2.49. The summed E-state index contributed by atoms with van der Waals surface area (Å²) >= 11 is 1.92. The minimum Gasteiger partial charge on any atom is -0.135 e. The van der Waals surface area contributed by atoms with E-state index in [1.54, 1.807) is 0 Å². The summed E-state index contributed by atoms with van der Waals surface area (Å²) in [7, 11) is 0. The molecule has 0 atom stereocenters. The van der Waals surface area contributed by atoms with Gasteiger partial charge in [-0.2, -0.15) is 0 Å². The first-order chi connectivity index (χ1) is 24.3. The van der Waals surface area contributed by atoms with Crippen LogP contribution in [0.1, 0.15) is 0 Å². The minimum atomic E-state index is 1.26. The van der Waals surface area contributed by atoms with E-state index in [1.807, 2.05) is 11.3 Å². The second kappa shape index (κ2) is 10.2. The molecule has 49 heavy (non-hydrogen) atoms. The molecule has 11 rings (SSSR count). The molecule has 1 heterocycles. The van der Waals surface area contributed by atoms with Crippen molar-refractivity contribution in [1.82, 2.24) is 0 Å². The van der Waals surface area contributed by atoms with E-state index < -0.39 is 0 Å². The number of fused-ring (bicyclic) bond motifs is 13. The summed E-state index contributed by atoms with van der Waals surface area (Å²) in [5.74, 6) is 0. The molecule has 0 saturated carbocycles. The molecule has 0 aliphatic heterocycles. The Labute approximate surface area is 287 Å². The number of rotatable bonds is 2. The van der Waals surface area contributed by atoms with Crippen molar-refractivity contribution in [3.63, 3.8) is 0 Å². The van der Waals surface area contributed by atoms with Crippen molar-refractivity contribution >= 4 is 96.1 Å². The van der Waals surface area contributed by atoms with Crippen LogP contribution in [0, 0.1) is 0 Å². The van der Waals surface area contributed by atoms with Gasteiger partial charge in [-0.15, -0.1) is 11.3 Å². The van der Waals surface area contributed by atoms with Crippen molar-refractivity contribution in [2.75, 3.05) is 0 Å². The van der Waals surface area contributed by atoms with E-state index in [-0.39, 0.29) is 0 Å². The molecular weight excluding hydrogens is 609 g/mol. The Morgan fingerprint density at radius 3 is 1.43 bits per heavy atom. The van der Waals surface area contributed by atoms with Crippen LogP contribution in [0.2, 0.25) is 0 Å². The highest BCUT2D eigenvalue weighted by Gasteiger charge is 2.20. The molecule has 1 heteroatoms. The summed E-state index contributed by atoms with van der Waals surface area (Å²) in [6.45, 7) is 0. The molecule has 11 aromatic rings. The zero-order chi connectivity index (χ0) is 32.1. The Kier molecular flexibility index (Phi) is 5.64. The third-order valence-corrected chi connectivity index (χ3v) is 11.8. The first-order valence-electron chi connectivity index (χ1n) is 16.9. The third kappa shape index (κ3) is 3.79. The molecule has 0 fully saturated rings. The van der Waals surface area contributed by atoms with Gasteiger partial charge in [0, 0.05) is 25.6 Å². The first-order valence-corrected chi connectivity index (χ1v) is 17.8. The summed E-state index contributed by atoms with van der Waals surface area (Å²) < 4.78 is 2.70. The Bertz CT molecular complexity index is 3100. The average molecular weight is 637 g/mol. The van der Waals surface area contributed by atoms with Crippen LogP contribution in [-0.4, -0.2) is 0 Å². The van der Waals surface area contributed by atoms with Gasteiger partial charge in [-0.25, -0.2) is 0 Å². The smallest absolute Gasteiger partial charge is 0.0440 e. The highest BCUT2D eigenvalue weighted by atomic mass is 32.1. The van der Waals surface area contributed by atoms with Gasteiger partial charge in [0.15, 0.2) is 0 Å². The van der Waals surface area contributed by atoms with Gasteiger partial charge in [0.1, 0.15) is 0 Å². The van der Waals surface area contributed by atoms with Crippen LogP contribution >= 0.6 is 11.3 Å². The molecule has 0 aliphatic rings. The first kappa shape index (κ1) is 27.0. The van der Waals surface area contributed by atoms with Crippen LogP contribution < -0.4 is 0 Å². The van der Waals surface area contributed by atoms with E-state index in [4.69, 9.17) is 0 Å². The average Bonchev–Trinajstić information content (AvgIpc) is 3.56. The summed E-state index contributed by atoms with van der Waals surface area (Å²) in [4.78, 5) is 0. The molecule has 0 radical (unpaired) electrons. The Hall–Kier alpha value is -6.02. The third-order valence-electron chi connectivity index (χ3n) is 10.6. The number of thiophene rings is 1. The van der Waals surface area contributed by atoms with Gasteiger partial charge < -0.3 is 0 Å². The van der Waals surface area contributed by atoms with Crippen molar-refractivity contribution in [2.24, 2.45) is 0 Å². The Balaban J connectivity index is 1.27. The van der Waals surface area contributed by atoms with Gasteiger partial charge in [-0.3, -0.25) is 0 Å². The summed E-state index contributed by atoms with van der Waals surface area (Å²) in [6.07, 6.45) is 0. The molecule has 226 valence electrons. The van der Waals surface area contributed by atoms with E-state index in [2.05, 4.69) is 170 Å². The van der Waals surface area contributed by atoms with Crippen LogP contribution in [0.5, 0.6) is 0 Å². The maximum atomic E-state index is 2.47. The Morgan fingerprint density at radius 1 is 0.306 bits per heavy atom. The molecule has 0 amide bonds. The predicted octanol–water partition coefficient (Wildman–Crippen LogP) is 14.3. The SMILES string of the molecule is c1ccc2c(c1)cc(-c1c3ccccc3c(-c3ccc4sc5c6ccccc6c6ccccc6c5c4c3)c3ccccc13)c1ccccc12. The highest BCUT2D eigenvalue weighted by molar-refractivity contribution is 7.27. The fourth-order valence-corrected chi connectivity index (χ4v) is 9.79. The van der Waals surface area contributed by atoms with E-state index >= 15 is 0 Å². The zero-order valence-corrected chi connectivity index (χ0v) is 27.4. The second-order valence-corrected chi connectivity index (χ2v) is 14.2. The van der Waals surface area contributed by atoms with Crippen LogP contribution in [0.25, 0.3) is 107 Å². The van der Waals surface area contributed by atoms with Gasteiger partial charge in [0.05, 0.1) is 0 Å². The standard InChI is InChI=1S/C48H28S/c1-2-14-31-29(13-1)27-42(35-18-4-3-15-32(31)35)46-39-22-10-8-20-37(39)45(38-21-9-11-23-40(38)46)30-25-26-44-43(28-30)47-36-19-7-5-16-33(36)34-17-6-12-24-41(34)48(47)49-44/h1-28H. The van der Waals surface area contributed by atoms with Crippen LogP contribution in [0.4, 0.5) is 0 Å². The number of benzene rings is 10. The molecule has 0 bridgehead atoms. The number of hydrogen-bond acceptors (Lipinski definition) is 1. The van der Waals surface area contributed by atoms with E-state index in [0.29, 0.717) is 0 Å². The lowest BCUT2D eigenvalue weighted by molar-refractivity contribution is 1.70. The topological polar surface area (TPSA) is 0 Å². The van der Waals surface area contributed by atoms with Crippen molar-refractivity contribution in [1.29, 1.82) is 0 Å². The maximum absolute atomic E-state index is 2.47. The van der Waals surface area contributed by atoms with Gasteiger partial charge in [-0.05, 0) is 99.7 Å². The van der Waals surface area contributed by atoms with Crippen LogP contribution in [-0.2, 0) is 0 Å². The lowest BCUT2D eigenvalue weighted by Gasteiger charge is -2.19. The van der Waals surface area contributed by atoms with Gasteiger partial charge >= 0.3 is 0 Å². The normalized spacial score (nSPS) is 12.1. The zero-order valence-electron chi connectivity index (χ0n) is 26.6. The molecule has 0 unspecified atom stereocenters. The molecule has 0 saturated heterocycles. The molecule has 0 N–H and O–H groups in total. The lowest BCUT2D eigenvalue weighted by Crippen LogP contribution is -1.92. The quantitative estimate of drug-likeness (QED) is 0.131. The minimum absolute atomic E-state index is 1.26. The summed E-state index contributed by atoms with van der Waals surface area (Å²) in [6, 6.07) is 63.1. The van der Waals surface area contributed by atoms with Gasteiger partial charge in [0.2, 0.25) is 0 Å². The maximum Gasteiger partial charge on any atom is 0.0440 e. The largest absolute Gasteiger partial charge is 0.135 e. The van der Waals surface area contributed by atoms with Gasteiger partial charge in [-0.1, -0.05) is 152 Å². The molecule has 0 spiro atoms. The van der Waals surface area contributed by atoms with E-state index in [9.17, 15) is 0 Å². The predicted molar refractivity (Wildman–Crippen MR) is 215 cm³/mol. The number of hydrogen-bond donors (Lipinski definition) is 0. The summed E-state index contributed by atoms with van der Waals surface area (Å²) in [5.41, 5.74) is 5.14. The lowest BCUT2D eigenvalue weighted by atomic mass is 9.83.